The van der Waals surface area contributed by atoms with Gasteiger partial charge in [-0.2, -0.15) is 0 Å². The molecule has 78 valence electrons. The molecule has 0 amide bonds. The molecule has 0 aromatic heterocycles. The van der Waals surface area contributed by atoms with Crippen LogP contribution < -0.4 is 0 Å². The van der Waals surface area contributed by atoms with Gasteiger partial charge in [0.05, 0.1) is 4.92 Å². The highest BCUT2D eigenvalue weighted by Gasteiger charge is 2.04. The van der Waals surface area contributed by atoms with Crippen LogP contribution in [0.15, 0.2) is 43.0 Å². The molecule has 0 aliphatic heterocycles. The maximum absolute atomic E-state index is 10.4. The lowest BCUT2D eigenvalue weighted by Gasteiger charge is -1.98. The fraction of sp³-hybridized carbons (Fsp3) is 0.0909. The molecule has 0 atom stereocenters. The Balaban J connectivity index is 2.88. The standard InChI is InChI=1S/C11H10BrNO2/c1-2-3-4-11(12)9-5-7-10(8-6-9)13(14)15/h2,4-8H,1,3H2/b11-4-. The van der Waals surface area contributed by atoms with E-state index in [1.165, 1.54) is 12.1 Å². The van der Waals surface area contributed by atoms with Crippen molar-refractivity contribution in [2.24, 2.45) is 0 Å². The zero-order valence-corrected chi connectivity index (χ0v) is 9.61. The van der Waals surface area contributed by atoms with E-state index in [1.54, 1.807) is 18.2 Å². The lowest BCUT2D eigenvalue weighted by atomic mass is 10.2. The molecule has 0 saturated carbocycles. The van der Waals surface area contributed by atoms with Gasteiger partial charge < -0.3 is 0 Å². The van der Waals surface area contributed by atoms with E-state index >= 15 is 0 Å². The van der Waals surface area contributed by atoms with Crippen LogP contribution in [0.25, 0.3) is 4.48 Å². The summed E-state index contributed by atoms with van der Waals surface area (Å²) < 4.78 is 0.914. The zero-order valence-electron chi connectivity index (χ0n) is 8.02. The van der Waals surface area contributed by atoms with Crippen molar-refractivity contribution in [1.82, 2.24) is 0 Å². The van der Waals surface area contributed by atoms with Crippen molar-refractivity contribution < 1.29 is 4.92 Å². The van der Waals surface area contributed by atoms with Gasteiger partial charge in [0.1, 0.15) is 0 Å². The molecule has 0 unspecified atom stereocenters. The molecule has 0 bridgehead atoms. The van der Waals surface area contributed by atoms with Gasteiger partial charge in [0.25, 0.3) is 5.69 Å². The highest BCUT2D eigenvalue weighted by Crippen LogP contribution is 2.23. The summed E-state index contributed by atoms with van der Waals surface area (Å²) in [6, 6.07) is 6.39. The van der Waals surface area contributed by atoms with Crippen LogP contribution in [0.4, 0.5) is 5.69 Å². The van der Waals surface area contributed by atoms with Gasteiger partial charge in [-0.05, 0) is 24.1 Å². The summed E-state index contributed by atoms with van der Waals surface area (Å²) in [7, 11) is 0. The number of hydrogen-bond donors (Lipinski definition) is 0. The van der Waals surface area contributed by atoms with Crippen molar-refractivity contribution in [2.45, 2.75) is 6.42 Å². The molecule has 15 heavy (non-hydrogen) atoms. The highest BCUT2D eigenvalue weighted by atomic mass is 79.9. The monoisotopic (exact) mass is 267 g/mol. The molecular weight excluding hydrogens is 258 g/mol. The number of benzene rings is 1. The normalized spacial score (nSPS) is 11.1. The Morgan fingerprint density at radius 3 is 2.53 bits per heavy atom. The lowest BCUT2D eigenvalue weighted by molar-refractivity contribution is -0.384. The first-order valence-electron chi connectivity index (χ1n) is 4.36. The predicted octanol–water partition coefficient (Wildman–Crippen LogP) is 3.91. The van der Waals surface area contributed by atoms with Gasteiger partial charge >= 0.3 is 0 Å². The number of hydrogen-bond acceptors (Lipinski definition) is 2. The fourth-order valence-corrected chi connectivity index (χ4v) is 1.50. The molecule has 1 aromatic rings. The topological polar surface area (TPSA) is 43.1 Å². The van der Waals surface area contributed by atoms with Crippen LogP contribution in [0.2, 0.25) is 0 Å². The van der Waals surface area contributed by atoms with Crippen LogP contribution in [0, 0.1) is 10.1 Å². The number of allylic oxidation sites excluding steroid dienone is 2. The van der Waals surface area contributed by atoms with E-state index in [0.717, 1.165) is 16.5 Å². The third kappa shape index (κ3) is 3.32. The van der Waals surface area contributed by atoms with Crippen molar-refractivity contribution in [3.05, 3.63) is 58.7 Å². The number of nitrogens with zero attached hydrogens (tertiary/aromatic N) is 1. The summed E-state index contributed by atoms with van der Waals surface area (Å²) in [4.78, 5) is 10.0. The SMILES string of the molecule is C=CC/C=C(\Br)c1ccc([N+](=O)[O-])cc1. The second-order valence-electron chi connectivity index (χ2n) is 2.88. The third-order valence-electron chi connectivity index (χ3n) is 1.82. The van der Waals surface area contributed by atoms with Crippen molar-refractivity contribution in [2.75, 3.05) is 0 Å². The van der Waals surface area contributed by atoms with E-state index in [4.69, 9.17) is 0 Å². The smallest absolute Gasteiger partial charge is 0.258 e. The molecule has 4 heteroatoms. The minimum atomic E-state index is -0.412. The molecule has 0 saturated heterocycles. The Bertz CT molecular complexity index is 396. The molecule has 0 aliphatic carbocycles. The molecule has 0 spiro atoms. The minimum Gasteiger partial charge on any atom is -0.258 e. The fourth-order valence-electron chi connectivity index (χ4n) is 1.05. The van der Waals surface area contributed by atoms with E-state index in [-0.39, 0.29) is 5.69 Å². The molecule has 1 aromatic carbocycles. The van der Waals surface area contributed by atoms with E-state index in [9.17, 15) is 10.1 Å². The Labute approximate surface area is 96.4 Å². The predicted molar refractivity (Wildman–Crippen MR) is 64.8 cm³/mol. The van der Waals surface area contributed by atoms with Crippen LogP contribution in [0.1, 0.15) is 12.0 Å². The Morgan fingerprint density at radius 1 is 1.47 bits per heavy atom. The average molecular weight is 268 g/mol. The van der Waals surface area contributed by atoms with E-state index in [2.05, 4.69) is 22.5 Å². The quantitative estimate of drug-likeness (QED) is 0.472. The molecule has 0 heterocycles. The summed E-state index contributed by atoms with van der Waals surface area (Å²) in [6.45, 7) is 3.61. The highest BCUT2D eigenvalue weighted by molar-refractivity contribution is 9.15. The van der Waals surface area contributed by atoms with E-state index < -0.39 is 4.92 Å². The molecule has 1 rings (SSSR count). The largest absolute Gasteiger partial charge is 0.269 e. The van der Waals surface area contributed by atoms with Crippen LogP contribution in [-0.4, -0.2) is 4.92 Å². The number of non-ortho nitro benzene ring substituents is 1. The Morgan fingerprint density at radius 2 is 2.07 bits per heavy atom. The second-order valence-corrected chi connectivity index (χ2v) is 3.73. The summed E-state index contributed by atoms with van der Waals surface area (Å²) in [5.74, 6) is 0. The lowest BCUT2D eigenvalue weighted by Crippen LogP contribution is -1.87. The minimum absolute atomic E-state index is 0.0998. The summed E-state index contributed by atoms with van der Waals surface area (Å²) in [6.07, 6.45) is 4.50. The van der Waals surface area contributed by atoms with Crippen LogP contribution >= 0.6 is 15.9 Å². The zero-order chi connectivity index (χ0) is 11.3. The van der Waals surface area contributed by atoms with Gasteiger partial charge in [0.15, 0.2) is 0 Å². The van der Waals surface area contributed by atoms with Gasteiger partial charge in [-0.25, -0.2) is 0 Å². The maximum Gasteiger partial charge on any atom is 0.269 e. The van der Waals surface area contributed by atoms with Gasteiger partial charge in [-0.1, -0.05) is 28.1 Å². The third-order valence-corrected chi connectivity index (χ3v) is 2.60. The van der Waals surface area contributed by atoms with Crippen molar-refractivity contribution in [3.8, 4) is 0 Å². The number of nitro groups is 1. The summed E-state index contributed by atoms with van der Waals surface area (Å²) in [5.41, 5.74) is 1.02. The van der Waals surface area contributed by atoms with Gasteiger partial charge in [-0.15, -0.1) is 6.58 Å². The number of nitro benzene ring substituents is 1. The van der Waals surface area contributed by atoms with Crippen molar-refractivity contribution >= 4 is 26.1 Å². The first-order valence-corrected chi connectivity index (χ1v) is 5.16. The average Bonchev–Trinajstić information content (AvgIpc) is 2.26. The number of rotatable bonds is 4. The molecule has 0 N–H and O–H groups in total. The van der Waals surface area contributed by atoms with Crippen molar-refractivity contribution in [3.63, 3.8) is 0 Å². The summed E-state index contributed by atoms with van der Waals surface area (Å²) >= 11 is 3.39. The second kappa shape index (κ2) is 5.46. The van der Waals surface area contributed by atoms with E-state index in [0.29, 0.717) is 0 Å². The number of halogens is 1. The summed E-state index contributed by atoms with van der Waals surface area (Å²) in [5, 5.41) is 10.4. The van der Waals surface area contributed by atoms with Crippen LogP contribution in [0.3, 0.4) is 0 Å². The maximum atomic E-state index is 10.4. The van der Waals surface area contributed by atoms with Gasteiger partial charge in [0.2, 0.25) is 0 Å². The Kier molecular flexibility index (Phi) is 4.24. The first-order chi connectivity index (χ1) is 7.15. The van der Waals surface area contributed by atoms with Crippen LogP contribution in [0.5, 0.6) is 0 Å². The molecule has 0 aliphatic rings. The van der Waals surface area contributed by atoms with Gasteiger partial charge in [-0.3, -0.25) is 10.1 Å². The molecule has 0 radical (unpaired) electrons. The Hall–Kier alpha value is -1.42. The van der Waals surface area contributed by atoms with Crippen molar-refractivity contribution in [1.29, 1.82) is 0 Å². The van der Waals surface area contributed by atoms with E-state index in [1.807, 2.05) is 6.08 Å². The van der Waals surface area contributed by atoms with Gasteiger partial charge in [0, 0.05) is 16.6 Å². The molecule has 0 fully saturated rings. The van der Waals surface area contributed by atoms with Crippen LogP contribution in [-0.2, 0) is 0 Å². The molecule has 3 nitrogen and oxygen atoms in total. The molecular formula is C11H10BrNO2. The first kappa shape index (κ1) is 11.7.